The second-order valence-corrected chi connectivity index (χ2v) is 6.46. The van der Waals surface area contributed by atoms with Gasteiger partial charge in [-0.1, -0.05) is 53.7 Å². The third-order valence-electron chi connectivity index (χ3n) is 4.19. The van der Waals surface area contributed by atoms with Crippen LogP contribution in [0.15, 0.2) is 22.7 Å². The molecule has 1 N–H and O–H groups in total. The van der Waals surface area contributed by atoms with Gasteiger partial charge in [-0.05, 0) is 37.0 Å². The molecule has 1 aliphatic carbocycles. The molecular weight excluding hydrogens is 302 g/mol. The van der Waals surface area contributed by atoms with Gasteiger partial charge in [0.1, 0.15) is 0 Å². The van der Waals surface area contributed by atoms with Crippen LogP contribution in [0.2, 0.25) is 0 Å². The number of hydrogen-bond acceptors (Lipinski definition) is 2. The van der Waals surface area contributed by atoms with E-state index in [1.165, 1.54) is 12.8 Å². The Morgan fingerprint density at radius 3 is 2.42 bits per heavy atom. The second-order valence-electron chi connectivity index (χ2n) is 5.61. The zero-order chi connectivity index (χ0) is 13.9. The molecule has 1 aliphatic rings. The Bertz CT molecular complexity index is 484. The quantitative estimate of drug-likeness (QED) is 0.805. The van der Waals surface area contributed by atoms with Gasteiger partial charge in [-0.15, -0.1) is 0 Å². The molecule has 19 heavy (non-hydrogen) atoms. The van der Waals surface area contributed by atoms with Crippen molar-refractivity contribution in [3.63, 3.8) is 0 Å². The average molecular weight is 322 g/mol. The van der Waals surface area contributed by atoms with E-state index in [2.05, 4.69) is 22.0 Å². The molecule has 0 bridgehead atoms. The molecule has 1 fully saturated rings. The van der Waals surface area contributed by atoms with Crippen LogP contribution >= 0.6 is 15.9 Å². The molecule has 3 heteroatoms. The predicted octanol–water partition coefficient (Wildman–Crippen LogP) is 4.66. The maximum Gasteiger partial charge on any atom is 0.0987 e. The Hall–Kier alpha value is -0.850. The minimum atomic E-state index is -0.703. The second kappa shape index (κ2) is 6.07. The van der Waals surface area contributed by atoms with Crippen molar-refractivity contribution in [1.82, 2.24) is 0 Å². The average Bonchev–Trinajstić information content (AvgIpc) is 2.64. The summed E-state index contributed by atoms with van der Waals surface area (Å²) in [6, 6.07) is 8.36. The normalized spacial score (nSPS) is 20.3. The first-order chi connectivity index (χ1) is 9.09. The lowest BCUT2D eigenvalue weighted by molar-refractivity contribution is 0.0510. The predicted molar refractivity (Wildman–Crippen MR) is 79.6 cm³/mol. The van der Waals surface area contributed by atoms with Crippen LogP contribution in [-0.4, -0.2) is 5.11 Å². The molecule has 1 aromatic rings. The fourth-order valence-electron chi connectivity index (χ4n) is 2.96. The first kappa shape index (κ1) is 14.6. The van der Waals surface area contributed by atoms with Crippen LogP contribution < -0.4 is 0 Å². The summed E-state index contributed by atoms with van der Waals surface area (Å²) in [5, 5.41) is 20.4. The fourth-order valence-corrected chi connectivity index (χ4v) is 3.67. The number of benzene rings is 1. The molecule has 1 aromatic carbocycles. The van der Waals surface area contributed by atoms with Crippen LogP contribution in [0.25, 0.3) is 0 Å². The monoisotopic (exact) mass is 321 g/mol. The summed E-state index contributed by atoms with van der Waals surface area (Å²) in [7, 11) is 0. The van der Waals surface area contributed by atoms with E-state index in [-0.39, 0.29) is 0 Å². The maximum absolute atomic E-state index is 10.7. The number of nitriles is 1. The van der Waals surface area contributed by atoms with Crippen LogP contribution in [0.5, 0.6) is 0 Å². The molecule has 1 atom stereocenters. The van der Waals surface area contributed by atoms with Gasteiger partial charge >= 0.3 is 0 Å². The van der Waals surface area contributed by atoms with Gasteiger partial charge < -0.3 is 5.11 Å². The van der Waals surface area contributed by atoms with Gasteiger partial charge in [-0.3, -0.25) is 0 Å². The third-order valence-corrected chi connectivity index (χ3v) is 4.88. The van der Waals surface area contributed by atoms with Crippen LogP contribution in [0, 0.1) is 23.7 Å². The van der Waals surface area contributed by atoms with E-state index in [0.717, 1.165) is 41.3 Å². The fraction of sp³-hybridized carbons (Fsp3) is 0.562. The van der Waals surface area contributed by atoms with Crippen molar-refractivity contribution in [2.75, 3.05) is 0 Å². The molecule has 0 amide bonds. The molecule has 1 unspecified atom stereocenters. The molecule has 102 valence electrons. The molecule has 0 spiro atoms. The minimum Gasteiger partial charge on any atom is -0.387 e. The van der Waals surface area contributed by atoms with E-state index < -0.39 is 11.5 Å². The van der Waals surface area contributed by atoms with E-state index >= 15 is 0 Å². The molecule has 2 nitrogen and oxygen atoms in total. The summed E-state index contributed by atoms with van der Waals surface area (Å²) in [5.74, 6) is 0. The third kappa shape index (κ3) is 3.01. The maximum atomic E-state index is 10.7. The topological polar surface area (TPSA) is 44.0 Å². The van der Waals surface area contributed by atoms with Crippen LogP contribution in [0.3, 0.4) is 0 Å². The summed E-state index contributed by atoms with van der Waals surface area (Å²) in [4.78, 5) is 0. The van der Waals surface area contributed by atoms with Gasteiger partial charge in [0.05, 0.1) is 17.6 Å². The zero-order valence-corrected chi connectivity index (χ0v) is 12.9. The van der Waals surface area contributed by atoms with Gasteiger partial charge in [-0.2, -0.15) is 5.26 Å². The number of nitrogens with zero attached hydrogens (tertiary/aromatic N) is 1. The highest BCUT2D eigenvalue weighted by molar-refractivity contribution is 9.10. The van der Waals surface area contributed by atoms with Crippen molar-refractivity contribution in [2.24, 2.45) is 5.41 Å². The molecule has 2 rings (SSSR count). The largest absolute Gasteiger partial charge is 0.387 e. The minimum absolute atomic E-state index is 0.617. The number of halogens is 1. The van der Waals surface area contributed by atoms with Crippen molar-refractivity contribution in [2.45, 2.75) is 51.6 Å². The van der Waals surface area contributed by atoms with E-state index in [9.17, 15) is 10.4 Å². The van der Waals surface area contributed by atoms with Crippen molar-refractivity contribution < 1.29 is 5.11 Å². The lowest BCUT2D eigenvalue weighted by atomic mass is 9.74. The first-order valence-electron chi connectivity index (χ1n) is 6.94. The highest BCUT2D eigenvalue weighted by Crippen LogP contribution is 2.46. The number of aryl methyl sites for hydroxylation is 1. The Balaban J connectivity index is 2.34. The molecule has 0 heterocycles. The van der Waals surface area contributed by atoms with Crippen LogP contribution in [-0.2, 0) is 0 Å². The van der Waals surface area contributed by atoms with Crippen LogP contribution in [0.1, 0.15) is 55.8 Å². The number of aliphatic hydroxyl groups is 1. The Kier molecular flexibility index (Phi) is 4.65. The van der Waals surface area contributed by atoms with Crippen molar-refractivity contribution in [3.05, 3.63) is 33.8 Å². The highest BCUT2D eigenvalue weighted by Gasteiger charge is 2.40. The van der Waals surface area contributed by atoms with Crippen molar-refractivity contribution >= 4 is 15.9 Å². The van der Waals surface area contributed by atoms with E-state index in [0.29, 0.717) is 0 Å². The summed E-state index contributed by atoms with van der Waals surface area (Å²) in [6.45, 7) is 2.02. The highest BCUT2D eigenvalue weighted by atomic mass is 79.9. The van der Waals surface area contributed by atoms with Gasteiger partial charge in [0.25, 0.3) is 0 Å². The van der Waals surface area contributed by atoms with E-state index in [4.69, 9.17) is 0 Å². The van der Waals surface area contributed by atoms with Crippen LogP contribution in [0.4, 0.5) is 0 Å². The summed E-state index contributed by atoms with van der Waals surface area (Å²) < 4.78 is 0.902. The summed E-state index contributed by atoms with van der Waals surface area (Å²) in [6.07, 6.45) is 5.31. The van der Waals surface area contributed by atoms with Gasteiger partial charge in [0, 0.05) is 4.47 Å². The summed E-state index contributed by atoms with van der Waals surface area (Å²) >= 11 is 3.52. The molecule has 0 aromatic heterocycles. The lowest BCUT2D eigenvalue weighted by Crippen LogP contribution is -2.27. The van der Waals surface area contributed by atoms with Gasteiger partial charge in [0.2, 0.25) is 0 Å². The van der Waals surface area contributed by atoms with Crippen molar-refractivity contribution in [1.29, 1.82) is 5.26 Å². The number of aliphatic hydroxyl groups excluding tert-OH is 1. The number of hydrogen-bond donors (Lipinski definition) is 1. The molecule has 0 radical (unpaired) electrons. The Labute approximate surface area is 123 Å². The first-order valence-corrected chi connectivity index (χ1v) is 7.74. The standard InChI is InChI=1S/C16H20BrNO/c1-12-6-7-13(14(17)10-12)15(19)16(11-18)8-4-2-3-5-9-16/h6-7,10,15,19H,2-5,8-9H2,1H3. The Morgan fingerprint density at radius 1 is 1.26 bits per heavy atom. The van der Waals surface area contributed by atoms with Gasteiger partial charge in [0.15, 0.2) is 0 Å². The zero-order valence-electron chi connectivity index (χ0n) is 11.3. The van der Waals surface area contributed by atoms with E-state index in [1.54, 1.807) is 0 Å². The summed E-state index contributed by atoms with van der Waals surface area (Å²) in [5.41, 5.74) is 1.37. The molecule has 0 aliphatic heterocycles. The molecule has 0 saturated heterocycles. The van der Waals surface area contributed by atoms with E-state index in [1.807, 2.05) is 25.1 Å². The number of rotatable bonds is 2. The van der Waals surface area contributed by atoms with Gasteiger partial charge in [-0.25, -0.2) is 0 Å². The molecule has 1 saturated carbocycles. The lowest BCUT2D eigenvalue weighted by Gasteiger charge is -2.31. The molecular formula is C16H20BrNO. The van der Waals surface area contributed by atoms with Crippen molar-refractivity contribution in [3.8, 4) is 6.07 Å². The Morgan fingerprint density at radius 2 is 1.89 bits per heavy atom. The smallest absolute Gasteiger partial charge is 0.0987 e. The SMILES string of the molecule is Cc1ccc(C(O)C2(C#N)CCCCCC2)c(Br)c1.